The second kappa shape index (κ2) is 5.88. The molecule has 1 aliphatic heterocycles. The molecular weight excluding hydrogens is 260 g/mol. The topological polar surface area (TPSA) is 47.3 Å². The van der Waals surface area contributed by atoms with Crippen LogP contribution in [0.1, 0.15) is 28.3 Å². The molecule has 2 unspecified atom stereocenters. The van der Waals surface area contributed by atoms with E-state index in [1.54, 1.807) is 0 Å². The molecule has 2 aromatic carbocycles. The van der Waals surface area contributed by atoms with Crippen molar-refractivity contribution in [3.05, 3.63) is 64.7 Å². The first-order chi connectivity index (χ1) is 10.2. The third-order valence-electron chi connectivity index (χ3n) is 4.45. The highest BCUT2D eigenvalue weighted by Gasteiger charge is 2.28. The molecule has 3 rings (SSSR count). The van der Waals surface area contributed by atoms with Gasteiger partial charge in [-0.05, 0) is 48.6 Å². The zero-order valence-corrected chi connectivity index (χ0v) is 12.6. The molecule has 0 radical (unpaired) electrons. The summed E-state index contributed by atoms with van der Waals surface area (Å²) in [6, 6.07) is 14.9. The van der Waals surface area contributed by atoms with E-state index in [2.05, 4.69) is 49.6 Å². The zero-order chi connectivity index (χ0) is 14.8. The van der Waals surface area contributed by atoms with Crippen molar-refractivity contribution in [3.8, 4) is 5.75 Å². The summed E-state index contributed by atoms with van der Waals surface area (Å²) in [4.78, 5) is 0. The number of hydrogen-bond donors (Lipinski definition) is 2. The van der Waals surface area contributed by atoms with Crippen LogP contribution < -0.4 is 16.0 Å². The molecule has 0 aromatic heterocycles. The monoisotopic (exact) mass is 282 g/mol. The third-order valence-corrected chi connectivity index (χ3v) is 4.45. The van der Waals surface area contributed by atoms with Crippen molar-refractivity contribution in [2.45, 2.75) is 26.3 Å². The Labute approximate surface area is 126 Å². The van der Waals surface area contributed by atoms with Gasteiger partial charge >= 0.3 is 0 Å². The largest absolute Gasteiger partial charge is 0.493 e. The molecule has 2 atom stereocenters. The molecule has 2 aromatic rings. The van der Waals surface area contributed by atoms with Gasteiger partial charge in [0.15, 0.2) is 0 Å². The Kier molecular flexibility index (Phi) is 3.95. The first-order valence-corrected chi connectivity index (χ1v) is 7.43. The van der Waals surface area contributed by atoms with Crippen molar-refractivity contribution in [1.29, 1.82) is 0 Å². The minimum Gasteiger partial charge on any atom is -0.493 e. The predicted octanol–water partition coefficient (Wildman–Crippen LogP) is 3.06. The summed E-state index contributed by atoms with van der Waals surface area (Å²) in [5, 5.41) is 0. The Morgan fingerprint density at radius 1 is 1.14 bits per heavy atom. The van der Waals surface area contributed by atoms with E-state index in [4.69, 9.17) is 10.6 Å². The molecule has 21 heavy (non-hydrogen) atoms. The van der Waals surface area contributed by atoms with Gasteiger partial charge in [-0.15, -0.1) is 0 Å². The van der Waals surface area contributed by atoms with Crippen LogP contribution in [0.2, 0.25) is 0 Å². The zero-order valence-electron chi connectivity index (χ0n) is 12.6. The van der Waals surface area contributed by atoms with Crippen molar-refractivity contribution >= 4 is 0 Å². The molecule has 3 nitrogen and oxygen atoms in total. The molecular formula is C18H22N2O. The van der Waals surface area contributed by atoms with E-state index in [-0.39, 0.29) is 6.04 Å². The number of nitrogens with one attached hydrogen (secondary N) is 1. The fourth-order valence-corrected chi connectivity index (χ4v) is 3.03. The van der Waals surface area contributed by atoms with Crippen LogP contribution in [-0.4, -0.2) is 6.61 Å². The van der Waals surface area contributed by atoms with E-state index in [1.165, 1.54) is 22.3 Å². The van der Waals surface area contributed by atoms with Crippen LogP contribution in [0.15, 0.2) is 42.5 Å². The first kappa shape index (κ1) is 14.1. The van der Waals surface area contributed by atoms with Gasteiger partial charge in [-0.2, -0.15) is 0 Å². The second-order valence-corrected chi connectivity index (χ2v) is 5.87. The lowest BCUT2D eigenvalue weighted by Crippen LogP contribution is -2.38. The third kappa shape index (κ3) is 2.80. The standard InChI is InChI=1S/C18H22N2O/c1-12-7-8-15(9-13(12)2)18(20-19)16-10-14-5-3-4-6-17(14)21-11-16/h3-9,16,18,20H,10-11,19H2,1-2H3. The quantitative estimate of drug-likeness (QED) is 0.672. The Morgan fingerprint density at radius 2 is 1.95 bits per heavy atom. The number of rotatable bonds is 3. The van der Waals surface area contributed by atoms with Gasteiger partial charge in [-0.3, -0.25) is 11.3 Å². The number of hydrogen-bond acceptors (Lipinski definition) is 3. The molecule has 1 aliphatic rings. The Balaban J connectivity index is 1.86. The molecule has 0 bridgehead atoms. The molecule has 3 N–H and O–H groups in total. The summed E-state index contributed by atoms with van der Waals surface area (Å²) < 4.78 is 5.90. The lowest BCUT2D eigenvalue weighted by molar-refractivity contribution is 0.185. The average molecular weight is 282 g/mol. The summed E-state index contributed by atoms with van der Waals surface area (Å²) in [5.41, 5.74) is 8.08. The maximum atomic E-state index is 5.90. The highest BCUT2D eigenvalue weighted by molar-refractivity contribution is 5.37. The van der Waals surface area contributed by atoms with Crippen molar-refractivity contribution in [3.63, 3.8) is 0 Å². The highest BCUT2D eigenvalue weighted by atomic mass is 16.5. The lowest BCUT2D eigenvalue weighted by Gasteiger charge is -2.31. The van der Waals surface area contributed by atoms with E-state index >= 15 is 0 Å². The van der Waals surface area contributed by atoms with E-state index in [0.29, 0.717) is 12.5 Å². The van der Waals surface area contributed by atoms with E-state index in [9.17, 15) is 0 Å². The van der Waals surface area contributed by atoms with Gasteiger partial charge in [0.25, 0.3) is 0 Å². The van der Waals surface area contributed by atoms with Gasteiger partial charge in [-0.1, -0.05) is 36.4 Å². The number of ether oxygens (including phenoxy) is 1. The minimum atomic E-state index is 0.109. The Hall–Kier alpha value is -1.84. The number of hydrazine groups is 1. The van der Waals surface area contributed by atoms with Crippen molar-refractivity contribution in [2.75, 3.05) is 6.61 Å². The van der Waals surface area contributed by atoms with Crippen LogP contribution in [0.4, 0.5) is 0 Å². The summed E-state index contributed by atoms with van der Waals surface area (Å²) in [6.45, 7) is 4.96. The second-order valence-electron chi connectivity index (χ2n) is 5.87. The van der Waals surface area contributed by atoms with Crippen LogP contribution in [0.5, 0.6) is 5.75 Å². The van der Waals surface area contributed by atoms with E-state index < -0.39 is 0 Å². The molecule has 1 heterocycles. The highest BCUT2D eigenvalue weighted by Crippen LogP contribution is 2.33. The fraction of sp³-hybridized carbons (Fsp3) is 0.333. The van der Waals surface area contributed by atoms with Gasteiger partial charge in [0.2, 0.25) is 0 Å². The van der Waals surface area contributed by atoms with Gasteiger partial charge in [-0.25, -0.2) is 0 Å². The molecule has 3 heteroatoms. The molecule has 0 spiro atoms. The van der Waals surface area contributed by atoms with Crippen LogP contribution in [0.3, 0.4) is 0 Å². The van der Waals surface area contributed by atoms with Crippen molar-refractivity contribution < 1.29 is 4.74 Å². The number of para-hydroxylation sites is 1. The van der Waals surface area contributed by atoms with Crippen molar-refractivity contribution in [1.82, 2.24) is 5.43 Å². The molecule has 0 aliphatic carbocycles. The summed E-state index contributed by atoms with van der Waals surface area (Å²) >= 11 is 0. The minimum absolute atomic E-state index is 0.109. The maximum absolute atomic E-state index is 5.90. The number of nitrogens with two attached hydrogens (primary N) is 1. The van der Waals surface area contributed by atoms with Gasteiger partial charge < -0.3 is 4.74 Å². The van der Waals surface area contributed by atoms with E-state index in [0.717, 1.165) is 12.2 Å². The molecule has 0 fully saturated rings. The van der Waals surface area contributed by atoms with Crippen LogP contribution in [-0.2, 0) is 6.42 Å². The van der Waals surface area contributed by atoms with Crippen LogP contribution in [0, 0.1) is 19.8 Å². The number of fused-ring (bicyclic) bond motifs is 1. The summed E-state index contributed by atoms with van der Waals surface area (Å²) in [6.07, 6.45) is 0.984. The predicted molar refractivity (Wildman–Crippen MR) is 85.1 cm³/mol. The van der Waals surface area contributed by atoms with Crippen LogP contribution >= 0.6 is 0 Å². The summed E-state index contributed by atoms with van der Waals surface area (Å²) in [7, 11) is 0. The Morgan fingerprint density at radius 3 is 2.71 bits per heavy atom. The van der Waals surface area contributed by atoms with Gasteiger partial charge in [0.1, 0.15) is 5.75 Å². The maximum Gasteiger partial charge on any atom is 0.122 e. The summed E-state index contributed by atoms with van der Waals surface area (Å²) in [5.74, 6) is 7.18. The van der Waals surface area contributed by atoms with Gasteiger partial charge in [0, 0.05) is 5.92 Å². The lowest BCUT2D eigenvalue weighted by atomic mass is 9.86. The van der Waals surface area contributed by atoms with Crippen LogP contribution in [0.25, 0.3) is 0 Å². The molecule has 110 valence electrons. The first-order valence-electron chi connectivity index (χ1n) is 7.43. The van der Waals surface area contributed by atoms with Crippen molar-refractivity contribution in [2.24, 2.45) is 11.8 Å². The number of aryl methyl sites for hydroxylation is 2. The normalized spacial score (nSPS) is 18.7. The average Bonchev–Trinajstić information content (AvgIpc) is 2.51. The van der Waals surface area contributed by atoms with Gasteiger partial charge in [0.05, 0.1) is 12.6 Å². The van der Waals surface area contributed by atoms with E-state index in [1.807, 2.05) is 12.1 Å². The SMILES string of the molecule is Cc1ccc(C(NN)C2COc3ccccc3C2)cc1C. The number of benzene rings is 2. The molecule has 0 amide bonds. The molecule has 0 saturated heterocycles. The fourth-order valence-electron chi connectivity index (χ4n) is 3.03. The smallest absolute Gasteiger partial charge is 0.122 e. The Bertz CT molecular complexity index is 639. The molecule has 0 saturated carbocycles.